The quantitative estimate of drug-likeness (QED) is 0.760. The highest BCUT2D eigenvalue weighted by Gasteiger charge is 2.21. The molecule has 102 valence electrons. The molecule has 0 fully saturated rings. The van der Waals surface area contributed by atoms with Crippen molar-refractivity contribution in [2.45, 2.75) is 33.1 Å². The number of nitrogens with one attached hydrogen (secondary N) is 1. The third kappa shape index (κ3) is 3.47. The SMILES string of the molecule is COc1c(C)cc(C(C)(C)CNCCN)cc1C. The molecular formula is C15H26N2O. The Kier molecular flexibility index (Phi) is 5.17. The first kappa shape index (κ1) is 15.0. The minimum absolute atomic E-state index is 0.0942. The predicted octanol–water partition coefficient (Wildman–Crippen LogP) is 2.14. The highest BCUT2D eigenvalue weighted by atomic mass is 16.5. The number of hydrogen-bond acceptors (Lipinski definition) is 3. The fourth-order valence-electron chi connectivity index (χ4n) is 2.27. The smallest absolute Gasteiger partial charge is 0.124 e. The summed E-state index contributed by atoms with van der Waals surface area (Å²) >= 11 is 0. The van der Waals surface area contributed by atoms with Crippen LogP contribution in [-0.4, -0.2) is 26.7 Å². The van der Waals surface area contributed by atoms with Gasteiger partial charge in [-0.15, -0.1) is 0 Å². The van der Waals surface area contributed by atoms with Gasteiger partial charge in [0.15, 0.2) is 0 Å². The fraction of sp³-hybridized carbons (Fsp3) is 0.600. The highest BCUT2D eigenvalue weighted by Crippen LogP contribution is 2.30. The summed E-state index contributed by atoms with van der Waals surface area (Å²) in [7, 11) is 1.73. The van der Waals surface area contributed by atoms with E-state index >= 15 is 0 Å². The van der Waals surface area contributed by atoms with Gasteiger partial charge in [-0.25, -0.2) is 0 Å². The van der Waals surface area contributed by atoms with Crippen molar-refractivity contribution in [3.8, 4) is 5.75 Å². The van der Waals surface area contributed by atoms with Crippen LogP contribution in [0, 0.1) is 13.8 Å². The standard InChI is InChI=1S/C15H26N2O/c1-11-8-13(9-12(2)14(11)18-5)15(3,4)10-17-7-6-16/h8-9,17H,6-7,10,16H2,1-5H3. The normalized spacial score (nSPS) is 11.7. The minimum atomic E-state index is 0.0942. The van der Waals surface area contributed by atoms with E-state index in [1.807, 2.05) is 0 Å². The summed E-state index contributed by atoms with van der Waals surface area (Å²) in [5.41, 5.74) is 9.32. The van der Waals surface area contributed by atoms with Crippen molar-refractivity contribution in [1.82, 2.24) is 5.32 Å². The summed E-state index contributed by atoms with van der Waals surface area (Å²) in [6.45, 7) is 11.1. The van der Waals surface area contributed by atoms with Crippen LogP contribution in [0.4, 0.5) is 0 Å². The molecule has 0 aromatic heterocycles. The van der Waals surface area contributed by atoms with Gasteiger partial charge in [-0.2, -0.15) is 0 Å². The van der Waals surface area contributed by atoms with Crippen molar-refractivity contribution in [1.29, 1.82) is 0 Å². The van der Waals surface area contributed by atoms with E-state index in [0.717, 1.165) is 18.8 Å². The van der Waals surface area contributed by atoms with E-state index in [4.69, 9.17) is 10.5 Å². The molecule has 0 amide bonds. The third-order valence-corrected chi connectivity index (χ3v) is 3.33. The lowest BCUT2D eigenvalue weighted by atomic mass is 9.82. The Balaban J connectivity index is 2.95. The number of benzene rings is 1. The van der Waals surface area contributed by atoms with E-state index in [2.05, 4.69) is 45.1 Å². The molecular weight excluding hydrogens is 224 g/mol. The lowest BCUT2D eigenvalue weighted by Crippen LogP contribution is -2.35. The fourth-order valence-corrected chi connectivity index (χ4v) is 2.27. The molecule has 0 saturated heterocycles. The average Bonchev–Trinajstić information content (AvgIpc) is 2.28. The van der Waals surface area contributed by atoms with Crippen molar-refractivity contribution in [2.24, 2.45) is 5.73 Å². The van der Waals surface area contributed by atoms with Crippen LogP contribution in [-0.2, 0) is 5.41 Å². The minimum Gasteiger partial charge on any atom is -0.496 e. The van der Waals surface area contributed by atoms with E-state index in [0.29, 0.717) is 6.54 Å². The molecule has 1 aromatic carbocycles. The molecule has 0 radical (unpaired) electrons. The van der Waals surface area contributed by atoms with Gasteiger partial charge in [-0.05, 0) is 30.5 Å². The summed E-state index contributed by atoms with van der Waals surface area (Å²) in [6, 6.07) is 4.44. The highest BCUT2D eigenvalue weighted by molar-refractivity contribution is 5.45. The molecule has 0 heterocycles. The van der Waals surface area contributed by atoms with Crippen LogP contribution in [0.15, 0.2) is 12.1 Å². The summed E-state index contributed by atoms with van der Waals surface area (Å²) < 4.78 is 5.41. The molecule has 3 heteroatoms. The summed E-state index contributed by atoms with van der Waals surface area (Å²) in [6.07, 6.45) is 0. The predicted molar refractivity (Wildman–Crippen MR) is 77.4 cm³/mol. The van der Waals surface area contributed by atoms with E-state index in [1.54, 1.807) is 7.11 Å². The maximum Gasteiger partial charge on any atom is 0.124 e. The van der Waals surface area contributed by atoms with Crippen molar-refractivity contribution >= 4 is 0 Å². The van der Waals surface area contributed by atoms with Crippen LogP contribution in [0.3, 0.4) is 0 Å². The number of ether oxygens (including phenoxy) is 1. The zero-order chi connectivity index (χ0) is 13.8. The molecule has 0 saturated carbocycles. The summed E-state index contributed by atoms with van der Waals surface area (Å²) in [4.78, 5) is 0. The van der Waals surface area contributed by atoms with Gasteiger partial charge in [0, 0.05) is 25.0 Å². The van der Waals surface area contributed by atoms with Gasteiger partial charge >= 0.3 is 0 Å². The first-order valence-electron chi connectivity index (χ1n) is 6.49. The topological polar surface area (TPSA) is 47.3 Å². The van der Waals surface area contributed by atoms with E-state index in [-0.39, 0.29) is 5.41 Å². The number of methoxy groups -OCH3 is 1. The number of aryl methyl sites for hydroxylation is 2. The molecule has 1 aromatic rings. The Hall–Kier alpha value is -1.06. The van der Waals surface area contributed by atoms with Gasteiger partial charge in [0.25, 0.3) is 0 Å². The van der Waals surface area contributed by atoms with Crippen LogP contribution < -0.4 is 15.8 Å². The van der Waals surface area contributed by atoms with Crippen molar-refractivity contribution in [3.63, 3.8) is 0 Å². The van der Waals surface area contributed by atoms with Gasteiger partial charge in [-0.1, -0.05) is 26.0 Å². The van der Waals surface area contributed by atoms with Gasteiger partial charge in [0.1, 0.15) is 5.75 Å². The number of hydrogen-bond donors (Lipinski definition) is 2. The van der Waals surface area contributed by atoms with Crippen LogP contribution in [0.25, 0.3) is 0 Å². The first-order chi connectivity index (χ1) is 8.42. The van der Waals surface area contributed by atoms with Crippen LogP contribution >= 0.6 is 0 Å². The van der Waals surface area contributed by atoms with E-state index in [9.17, 15) is 0 Å². The van der Waals surface area contributed by atoms with Crippen molar-refractivity contribution < 1.29 is 4.74 Å². The summed E-state index contributed by atoms with van der Waals surface area (Å²) in [5, 5.41) is 3.39. The molecule has 0 unspecified atom stereocenters. The zero-order valence-corrected chi connectivity index (χ0v) is 12.3. The maximum absolute atomic E-state index is 5.50. The molecule has 0 aliphatic heterocycles. The Labute approximate surface area is 111 Å². The monoisotopic (exact) mass is 250 g/mol. The molecule has 1 rings (SSSR count). The molecule has 3 nitrogen and oxygen atoms in total. The van der Waals surface area contributed by atoms with Crippen LogP contribution in [0.1, 0.15) is 30.5 Å². The third-order valence-electron chi connectivity index (χ3n) is 3.33. The lowest BCUT2D eigenvalue weighted by molar-refractivity contribution is 0.407. The second-order valence-corrected chi connectivity index (χ2v) is 5.49. The maximum atomic E-state index is 5.50. The second kappa shape index (κ2) is 6.21. The molecule has 0 atom stereocenters. The zero-order valence-electron chi connectivity index (χ0n) is 12.3. The first-order valence-corrected chi connectivity index (χ1v) is 6.49. The molecule has 0 spiro atoms. The van der Waals surface area contributed by atoms with E-state index < -0.39 is 0 Å². The van der Waals surface area contributed by atoms with Gasteiger partial charge in [0.2, 0.25) is 0 Å². The molecule has 3 N–H and O–H groups in total. The molecule has 18 heavy (non-hydrogen) atoms. The van der Waals surface area contributed by atoms with Crippen LogP contribution in [0.5, 0.6) is 5.75 Å². The Morgan fingerprint density at radius 3 is 2.22 bits per heavy atom. The Morgan fingerprint density at radius 2 is 1.78 bits per heavy atom. The van der Waals surface area contributed by atoms with Gasteiger partial charge in [0.05, 0.1) is 7.11 Å². The Morgan fingerprint density at radius 1 is 1.22 bits per heavy atom. The lowest BCUT2D eigenvalue weighted by Gasteiger charge is -2.27. The largest absolute Gasteiger partial charge is 0.496 e. The second-order valence-electron chi connectivity index (χ2n) is 5.49. The number of rotatable bonds is 6. The molecule has 0 bridgehead atoms. The van der Waals surface area contributed by atoms with E-state index in [1.165, 1.54) is 16.7 Å². The van der Waals surface area contributed by atoms with Crippen LogP contribution in [0.2, 0.25) is 0 Å². The van der Waals surface area contributed by atoms with Gasteiger partial charge in [-0.3, -0.25) is 0 Å². The molecule has 0 aliphatic rings. The average molecular weight is 250 g/mol. The summed E-state index contributed by atoms with van der Waals surface area (Å²) in [5.74, 6) is 0.990. The number of nitrogens with two attached hydrogens (primary N) is 1. The van der Waals surface area contributed by atoms with Crippen molar-refractivity contribution in [3.05, 3.63) is 28.8 Å². The molecule has 0 aliphatic carbocycles. The Bertz CT molecular complexity index is 376. The van der Waals surface area contributed by atoms with Gasteiger partial charge < -0.3 is 15.8 Å². The van der Waals surface area contributed by atoms with Crippen molar-refractivity contribution in [2.75, 3.05) is 26.7 Å².